The molecule has 110 valence electrons. The molecule has 0 amide bonds. The third-order valence-electron chi connectivity index (χ3n) is 2.95. The van der Waals surface area contributed by atoms with Crippen molar-refractivity contribution in [2.75, 3.05) is 6.61 Å². The molecular weight excluding hydrogens is 271 g/mol. The number of hydrogen-bond donors (Lipinski definition) is 0. The van der Waals surface area contributed by atoms with Crippen molar-refractivity contribution in [2.45, 2.75) is 19.8 Å². The summed E-state index contributed by atoms with van der Waals surface area (Å²) < 4.78 is 24.2. The van der Waals surface area contributed by atoms with Gasteiger partial charge in [-0.15, -0.1) is 0 Å². The van der Waals surface area contributed by atoms with Gasteiger partial charge in [-0.05, 0) is 31.2 Å². The number of aryl methyl sites for hydroxylation is 1. The van der Waals surface area contributed by atoms with Crippen LogP contribution in [-0.4, -0.2) is 12.6 Å². The van der Waals surface area contributed by atoms with Gasteiger partial charge >= 0.3 is 5.97 Å². The first-order valence-corrected chi connectivity index (χ1v) is 6.81. The van der Waals surface area contributed by atoms with Crippen LogP contribution in [0.1, 0.15) is 19.1 Å². The first-order valence-electron chi connectivity index (χ1n) is 6.81. The molecule has 0 aliphatic rings. The number of hydrogen-bond acceptors (Lipinski definition) is 3. The average molecular weight is 288 g/mol. The molecule has 4 heteroatoms. The Balaban J connectivity index is 1.92. The number of allylic oxidation sites excluding steroid dienone is 1. The molecule has 0 aliphatic carbocycles. The lowest BCUT2D eigenvalue weighted by atomic mass is 10.1. The highest BCUT2D eigenvalue weighted by molar-refractivity contribution is 5.69. The predicted molar refractivity (Wildman–Crippen MR) is 78.2 cm³/mol. The Morgan fingerprint density at radius 2 is 2.10 bits per heavy atom. The van der Waals surface area contributed by atoms with Crippen LogP contribution >= 0.6 is 0 Å². The highest BCUT2D eigenvalue weighted by atomic mass is 19.1. The highest BCUT2D eigenvalue weighted by Crippen LogP contribution is 2.25. The monoisotopic (exact) mass is 288 g/mol. The lowest BCUT2D eigenvalue weighted by Crippen LogP contribution is -2.05. The van der Waals surface area contributed by atoms with Gasteiger partial charge in [-0.1, -0.05) is 24.3 Å². The van der Waals surface area contributed by atoms with E-state index in [-0.39, 0.29) is 24.8 Å². The zero-order chi connectivity index (χ0) is 15.1. The molecule has 0 fully saturated rings. The quantitative estimate of drug-likeness (QED) is 0.592. The van der Waals surface area contributed by atoms with Crippen LogP contribution in [0.5, 0.6) is 0 Å². The first-order chi connectivity index (χ1) is 10.2. The van der Waals surface area contributed by atoms with E-state index in [2.05, 4.69) is 0 Å². The fraction of sp³-hybridized carbons (Fsp3) is 0.235. The molecular formula is C17H17FO3. The number of carbonyl (C=O) groups excluding carboxylic acids is 1. The molecule has 1 heterocycles. The van der Waals surface area contributed by atoms with Crippen LogP contribution in [0.3, 0.4) is 0 Å². The summed E-state index contributed by atoms with van der Waals surface area (Å²) in [7, 11) is 0. The summed E-state index contributed by atoms with van der Waals surface area (Å²) in [5, 5.41) is 0. The molecule has 2 rings (SSSR count). The highest BCUT2D eigenvalue weighted by Gasteiger charge is 2.10. The summed E-state index contributed by atoms with van der Waals surface area (Å²) in [6.45, 7) is 2.15. The largest absolute Gasteiger partial charge is 0.461 e. The maximum absolute atomic E-state index is 13.6. The second kappa shape index (κ2) is 7.43. The third kappa shape index (κ3) is 4.31. The molecule has 2 aromatic rings. The number of carbonyl (C=O) groups is 1. The predicted octanol–water partition coefficient (Wildman–Crippen LogP) is 4.14. The molecule has 0 saturated carbocycles. The number of furan rings is 1. The second-order valence-corrected chi connectivity index (χ2v) is 4.50. The van der Waals surface area contributed by atoms with Crippen molar-refractivity contribution in [3.8, 4) is 11.3 Å². The maximum atomic E-state index is 13.6. The standard InChI is InChI=1S/C17H17FO3/c1-2-3-12-20-17(19)11-9-13-8-10-16(21-13)14-6-4-5-7-15(14)18/h2-8,10H,9,11-12H2,1H3/b3-2+. The van der Waals surface area contributed by atoms with E-state index < -0.39 is 0 Å². The van der Waals surface area contributed by atoms with Gasteiger partial charge in [0.1, 0.15) is 23.9 Å². The molecule has 0 atom stereocenters. The molecule has 0 aliphatic heterocycles. The van der Waals surface area contributed by atoms with E-state index in [0.29, 0.717) is 23.5 Å². The van der Waals surface area contributed by atoms with Gasteiger partial charge in [0, 0.05) is 6.42 Å². The smallest absolute Gasteiger partial charge is 0.306 e. The molecule has 0 N–H and O–H groups in total. The van der Waals surface area contributed by atoms with Crippen molar-refractivity contribution in [3.63, 3.8) is 0 Å². The number of rotatable bonds is 6. The van der Waals surface area contributed by atoms with Crippen molar-refractivity contribution < 1.29 is 18.3 Å². The van der Waals surface area contributed by atoms with Crippen LogP contribution in [0.2, 0.25) is 0 Å². The molecule has 0 bridgehead atoms. The van der Waals surface area contributed by atoms with Crippen LogP contribution in [0.4, 0.5) is 4.39 Å². The maximum Gasteiger partial charge on any atom is 0.306 e. The lowest BCUT2D eigenvalue weighted by Gasteiger charge is -2.01. The van der Waals surface area contributed by atoms with E-state index in [1.54, 1.807) is 36.4 Å². The van der Waals surface area contributed by atoms with E-state index in [9.17, 15) is 9.18 Å². The van der Waals surface area contributed by atoms with Crippen molar-refractivity contribution >= 4 is 5.97 Å². The lowest BCUT2D eigenvalue weighted by molar-refractivity contribution is -0.142. The van der Waals surface area contributed by atoms with Crippen LogP contribution in [0.25, 0.3) is 11.3 Å². The Hall–Kier alpha value is -2.36. The topological polar surface area (TPSA) is 39.4 Å². The Morgan fingerprint density at radius 3 is 2.86 bits per heavy atom. The summed E-state index contributed by atoms with van der Waals surface area (Å²) >= 11 is 0. The minimum Gasteiger partial charge on any atom is -0.461 e. The minimum absolute atomic E-state index is 0.238. The summed E-state index contributed by atoms with van der Waals surface area (Å²) in [5.41, 5.74) is 0.416. The zero-order valence-corrected chi connectivity index (χ0v) is 11.8. The Kier molecular flexibility index (Phi) is 5.32. The van der Waals surface area contributed by atoms with E-state index in [0.717, 1.165) is 0 Å². The Bertz CT molecular complexity index is 628. The fourth-order valence-corrected chi connectivity index (χ4v) is 1.85. The van der Waals surface area contributed by atoms with Gasteiger partial charge in [-0.3, -0.25) is 4.79 Å². The van der Waals surface area contributed by atoms with Gasteiger partial charge in [0.2, 0.25) is 0 Å². The molecule has 0 unspecified atom stereocenters. The van der Waals surface area contributed by atoms with Gasteiger partial charge in [0.25, 0.3) is 0 Å². The van der Waals surface area contributed by atoms with Gasteiger partial charge in [0.15, 0.2) is 0 Å². The molecule has 1 aromatic heterocycles. The van der Waals surface area contributed by atoms with Gasteiger partial charge in [-0.25, -0.2) is 4.39 Å². The second-order valence-electron chi connectivity index (χ2n) is 4.50. The van der Waals surface area contributed by atoms with Crippen molar-refractivity contribution in [3.05, 3.63) is 60.1 Å². The van der Waals surface area contributed by atoms with Gasteiger partial charge in [-0.2, -0.15) is 0 Å². The summed E-state index contributed by atoms with van der Waals surface area (Å²) in [6.07, 6.45) is 4.26. The number of esters is 1. The number of benzene rings is 1. The van der Waals surface area contributed by atoms with Gasteiger partial charge in [0.05, 0.1) is 12.0 Å². The molecule has 3 nitrogen and oxygen atoms in total. The molecule has 0 saturated heterocycles. The van der Waals surface area contributed by atoms with Crippen LogP contribution in [0.15, 0.2) is 53.0 Å². The molecule has 21 heavy (non-hydrogen) atoms. The Morgan fingerprint density at radius 1 is 1.29 bits per heavy atom. The van der Waals surface area contributed by atoms with Crippen molar-refractivity contribution in [1.82, 2.24) is 0 Å². The zero-order valence-electron chi connectivity index (χ0n) is 11.8. The third-order valence-corrected chi connectivity index (χ3v) is 2.95. The van der Waals surface area contributed by atoms with E-state index in [1.807, 2.05) is 13.0 Å². The molecule has 1 aromatic carbocycles. The van der Waals surface area contributed by atoms with E-state index >= 15 is 0 Å². The fourth-order valence-electron chi connectivity index (χ4n) is 1.85. The van der Waals surface area contributed by atoms with Crippen LogP contribution in [0, 0.1) is 5.82 Å². The molecule has 0 radical (unpaired) electrons. The van der Waals surface area contributed by atoms with E-state index in [4.69, 9.17) is 9.15 Å². The van der Waals surface area contributed by atoms with Crippen LogP contribution in [-0.2, 0) is 16.0 Å². The van der Waals surface area contributed by atoms with Crippen LogP contribution < -0.4 is 0 Å². The summed E-state index contributed by atoms with van der Waals surface area (Å²) in [6, 6.07) is 9.88. The SMILES string of the molecule is C/C=C/COC(=O)CCc1ccc(-c2ccccc2F)o1. The number of ether oxygens (including phenoxy) is 1. The normalized spacial score (nSPS) is 11.0. The summed E-state index contributed by atoms with van der Waals surface area (Å²) in [4.78, 5) is 11.5. The van der Waals surface area contributed by atoms with Gasteiger partial charge < -0.3 is 9.15 Å². The average Bonchev–Trinajstić information content (AvgIpc) is 2.94. The first kappa shape index (κ1) is 15.0. The number of halogens is 1. The Labute approximate surface area is 123 Å². The van der Waals surface area contributed by atoms with Crippen molar-refractivity contribution in [1.29, 1.82) is 0 Å². The summed E-state index contributed by atoms with van der Waals surface area (Å²) in [5.74, 6) is 0.489. The minimum atomic E-state index is -0.329. The molecule has 0 spiro atoms. The van der Waals surface area contributed by atoms with E-state index in [1.165, 1.54) is 6.07 Å². The van der Waals surface area contributed by atoms with Crippen molar-refractivity contribution in [2.24, 2.45) is 0 Å².